The number of hydrogen-bond acceptors (Lipinski definition) is 5. The summed E-state index contributed by atoms with van der Waals surface area (Å²) in [7, 11) is 0. The van der Waals surface area contributed by atoms with Crippen molar-refractivity contribution in [2.75, 3.05) is 6.61 Å². The Hall–Kier alpha value is -5.42. The summed E-state index contributed by atoms with van der Waals surface area (Å²) >= 11 is 0. The number of rotatable bonds is 5. The highest BCUT2D eigenvalue weighted by molar-refractivity contribution is 6.23. The Balaban J connectivity index is 1.16. The highest BCUT2D eigenvalue weighted by Gasteiger charge is 2.16. The molecule has 0 atom stereocenters. The third-order valence-electron chi connectivity index (χ3n) is 7.20. The lowest BCUT2D eigenvalue weighted by atomic mass is 9.99. The van der Waals surface area contributed by atoms with E-state index in [2.05, 4.69) is 18.2 Å². The molecule has 0 amide bonds. The van der Waals surface area contributed by atoms with Crippen molar-refractivity contribution in [2.45, 2.75) is 0 Å². The molecule has 7 rings (SSSR count). The first-order valence-corrected chi connectivity index (χ1v) is 13.0. The molecule has 0 saturated heterocycles. The van der Waals surface area contributed by atoms with Gasteiger partial charge in [-0.15, -0.1) is 0 Å². The highest BCUT2D eigenvalue weighted by atomic mass is 16.5. The summed E-state index contributed by atoms with van der Waals surface area (Å²) in [4.78, 5) is 35.5. The largest absolute Gasteiger partial charge is 0.454 e. The van der Waals surface area contributed by atoms with Gasteiger partial charge in [0.2, 0.25) is 0 Å². The summed E-state index contributed by atoms with van der Waals surface area (Å²) in [5.74, 6) is -0.848. The van der Waals surface area contributed by atoms with Crippen LogP contribution in [0, 0.1) is 0 Å². The molecule has 6 aromatic carbocycles. The highest BCUT2D eigenvalue weighted by Crippen LogP contribution is 2.34. The van der Waals surface area contributed by atoms with Crippen LogP contribution in [0.2, 0.25) is 0 Å². The Morgan fingerprint density at radius 2 is 1.05 bits per heavy atom. The molecule has 5 heteroatoms. The average Bonchev–Trinajstić information content (AvgIpc) is 3.03. The monoisotopic (exact) mass is 518 g/mol. The van der Waals surface area contributed by atoms with E-state index in [1.165, 1.54) is 0 Å². The van der Waals surface area contributed by atoms with Crippen molar-refractivity contribution < 1.29 is 14.3 Å². The van der Waals surface area contributed by atoms with Gasteiger partial charge >= 0.3 is 5.97 Å². The maximum atomic E-state index is 12.9. The molecular formula is C35H22N2O3. The van der Waals surface area contributed by atoms with E-state index >= 15 is 0 Å². The molecule has 0 spiro atoms. The molecule has 0 unspecified atom stereocenters. The molecule has 0 bridgehead atoms. The van der Waals surface area contributed by atoms with E-state index in [0.29, 0.717) is 22.2 Å². The molecule has 0 N–H and O–H groups in total. The fourth-order valence-electron chi connectivity index (χ4n) is 5.18. The fraction of sp³-hybridized carbons (Fsp3) is 0.0286. The first-order chi connectivity index (χ1) is 19.7. The zero-order valence-corrected chi connectivity index (χ0v) is 21.4. The standard InChI is InChI=1S/C35H22N2O3/c38-32(24-16-14-23(15-17-24)22-8-2-1-3-9-22)21-40-35(39)25-18-19-30-31(20-25)37-34-29-13-7-5-11-27(29)26-10-4-6-12-28(26)33(34)36-30/h1-20H,21H2. The van der Waals surface area contributed by atoms with Crippen LogP contribution in [0.1, 0.15) is 20.7 Å². The number of benzene rings is 6. The van der Waals surface area contributed by atoms with Crippen LogP contribution in [0.25, 0.3) is 54.7 Å². The van der Waals surface area contributed by atoms with Crippen LogP contribution in [0.3, 0.4) is 0 Å². The van der Waals surface area contributed by atoms with Crippen LogP contribution < -0.4 is 0 Å². The van der Waals surface area contributed by atoms with Gasteiger partial charge in [0, 0.05) is 16.3 Å². The molecule has 190 valence electrons. The summed E-state index contributed by atoms with van der Waals surface area (Å²) in [6.07, 6.45) is 0. The molecule has 0 aliphatic carbocycles. The minimum atomic E-state index is -0.582. The molecule has 1 heterocycles. The van der Waals surface area contributed by atoms with Gasteiger partial charge in [0.25, 0.3) is 0 Å². The van der Waals surface area contributed by atoms with E-state index in [1.807, 2.05) is 72.8 Å². The zero-order valence-electron chi connectivity index (χ0n) is 21.4. The minimum absolute atomic E-state index is 0.266. The number of Topliss-reactive ketones (excluding diaryl/α,β-unsaturated/α-hetero) is 1. The van der Waals surface area contributed by atoms with Gasteiger partial charge < -0.3 is 4.74 Å². The van der Waals surface area contributed by atoms with E-state index in [1.54, 1.807) is 30.3 Å². The Morgan fingerprint density at radius 1 is 0.525 bits per heavy atom. The third kappa shape index (κ3) is 4.14. The van der Waals surface area contributed by atoms with Crippen molar-refractivity contribution in [3.63, 3.8) is 0 Å². The Labute approximate surface area is 229 Å². The topological polar surface area (TPSA) is 69.2 Å². The first kappa shape index (κ1) is 23.7. The maximum absolute atomic E-state index is 12.9. The number of nitrogens with zero attached hydrogens (tertiary/aromatic N) is 2. The van der Waals surface area contributed by atoms with Gasteiger partial charge in [0.1, 0.15) is 0 Å². The number of fused-ring (bicyclic) bond motifs is 7. The Kier molecular flexibility index (Phi) is 5.75. The third-order valence-corrected chi connectivity index (χ3v) is 7.20. The first-order valence-electron chi connectivity index (χ1n) is 13.0. The molecule has 0 aliphatic heterocycles. The second kappa shape index (κ2) is 9.71. The number of carbonyl (C=O) groups excluding carboxylic acids is 2. The molecule has 0 radical (unpaired) electrons. The molecule has 0 aliphatic rings. The van der Waals surface area contributed by atoms with Crippen molar-refractivity contribution in [3.8, 4) is 11.1 Å². The summed E-state index contributed by atoms with van der Waals surface area (Å²) < 4.78 is 5.39. The second-order valence-corrected chi connectivity index (χ2v) is 9.66. The van der Waals surface area contributed by atoms with E-state index in [0.717, 1.165) is 43.7 Å². The number of ketones is 1. The summed E-state index contributed by atoms with van der Waals surface area (Å²) in [6.45, 7) is -0.346. The van der Waals surface area contributed by atoms with Gasteiger partial charge in [0.15, 0.2) is 12.4 Å². The van der Waals surface area contributed by atoms with Crippen molar-refractivity contribution >= 4 is 55.4 Å². The van der Waals surface area contributed by atoms with Gasteiger partial charge in [-0.3, -0.25) is 4.79 Å². The fourth-order valence-corrected chi connectivity index (χ4v) is 5.18. The van der Waals surface area contributed by atoms with E-state index in [-0.39, 0.29) is 12.4 Å². The van der Waals surface area contributed by atoms with Gasteiger partial charge in [0.05, 0.1) is 27.6 Å². The van der Waals surface area contributed by atoms with E-state index in [4.69, 9.17) is 14.7 Å². The molecule has 40 heavy (non-hydrogen) atoms. The van der Waals surface area contributed by atoms with Gasteiger partial charge in [-0.2, -0.15) is 0 Å². The minimum Gasteiger partial charge on any atom is -0.454 e. The van der Waals surface area contributed by atoms with Crippen LogP contribution >= 0.6 is 0 Å². The van der Waals surface area contributed by atoms with Crippen molar-refractivity contribution in [1.29, 1.82) is 0 Å². The van der Waals surface area contributed by atoms with Crippen LogP contribution in [0.15, 0.2) is 121 Å². The van der Waals surface area contributed by atoms with Crippen LogP contribution in [0.5, 0.6) is 0 Å². The second-order valence-electron chi connectivity index (χ2n) is 9.66. The molecule has 0 saturated carbocycles. The SMILES string of the molecule is O=C(COC(=O)c1ccc2nc3c4ccccc4c4ccccc4c3nc2c1)c1ccc(-c2ccccc2)cc1. The predicted octanol–water partition coefficient (Wildman–Crippen LogP) is 7.80. The average molecular weight is 519 g/mol. The van der Waals surface area contributed by atoms with Gasteiger partial charge in [-0.1, -0.05) is 103 Å². The molecular weight excluding hydrogens is 496 g/mol. The number of hydrogen-bond donors (Lipinski definition) is 0. The Bertz CT molecular complexity index is 2090. The lowest BCUT2D eigenvalue weighted by Gasteiger charge is -2.10. The lowest BCUT2D eigenvalue weighted by molar-refractivity contribution is 0.0475. The van der Waals surface area contributed by atoms with Gasteiger partial charge in [-0.05, 0) is 40.1 Å². The van der Waals surface area contributed by atoms with E-state index < -0.39 is 5.97 Å². The summed E-state index contributed by atoms with van der Waals surface area (Å²) in [5, 5.41) is 4.26. The van der Waals surface area contributed by atoms with Crippen molar-refractivity contribution in [1.82, 2.24) is 9.97 Å². The van der Waals surface area contributed by atoms with Crippen LogP contribution in [0.4, 0.5) is 0 Å². The van der Waals surface area contributed by atoms with E-state index in [9.17, 15) is 9.59 Å². The Morgan fingerprint density at radius 3 is 1.70 bits per heavy atom. The van der Waals surface area contributed by atoms with Crippen molar-refractivity contribution in [2.24, 2.45) is 0 Å². The predicted molar refractivity (Wildman–Crippen MR) is 159 cm³/mol. The smallest absolute Gasteiger partial charge is 0.338 e. The maximum Gasteiger partial charge on any atom is 0.338 e. The normalized spacial score (nSPS) is 11.3. The summed E-state index contributed by atoms with van der Waals surface area (Å²) in [5.41, 5.74) is 5.76. The number of aromatic nitrogens is 2. The molecule has 1 aromatic heterocycles. The van der Waals surface area contributed by atoms with Crippen molar-refractivity contribution in [3.05, 3.63) is 132 Å². The summed E-state index contributed by atoms with van der Waals surface area (Å²) in [6, 6.07) is 38.6. The van der Waals surface area contributed by atoms with Crippen LogP contribution in [-0.4, -0.2) is 28.3 Å². The zero-order chi connectivity index (χ0) is 27.1. The lowest BCUT2D eigenvalue weighted by Crippen LogP contribution is -2.14. The van der Waals surface area contributed by atoms with Crippen LogP contribution in [-0.2, 0) is 4.74 Å². The molecule has 5 nitrogen and oxygen atoms in total. The number of esters is 1. The number of ether oxygens (including phenoxy) is 1. The quantitative estimate of drug-likeness (QED) is 0.101. The number of carbonyl (C=O) groups is 2. The van der Waals surface area contributed by atoms with Gasteiger partial charge in [-0.25, -0.2) is 14.8 Å². The molecule has 7 aromatic rings. The molecule has 0 fully saturated rings.